The number of thiophene rings is 2. The van der Waals surface area contributed by atoms with Crippen molar-refractivity contribution in [1.29, 1.82) is 0 Å². The van der Waals surface area contributed by atoms with Crippen LogP contribution in [0.2, 0.25) is 0 Å². The van der Waals surface area contributed by atoms with Crippen molar-refractivity contribution in [2.45, 2.75) is 0 Å². The van der Waals surface area contributed by atoms with Crippen LogP contribution in [0.3, 0.4) is 0 Å². The molecule has 11 heterocycles. The van der Waals surface area contributed by atoms with Gasteiger partial charge in [-0.25, -0.2) is 15.0 Å². The molecule has 0 amide bonds. The smallest absolute Gasteiger partial charge is 0.237 e. The molecule has 0 spiro atoms. The number of benzene rings is 16. The Morgan fingerprint density at radius 2 is 0.651 bits per heavy atom. The van der Waals surface area contributed by atoms with E-state index < -0.39 is 0 Å². The maximum atomic E-state index is 5.94. The fraction of sp³-hybridized carbons (Fsp3) is 0. The Hall–Kier alpha value is -14.1. The largest absolute Gasteiger partial charge is 0.308 e. The van der Waals surface area contributed by atoms with Crippen LogP contribution >= 0.6 is 22.7 Å². The lowest BCUT2D eigenvalue weighted by atomic mass is 9.98. The zero-order valence-electron chi connectivity index (χ0n) is 57.8. The van der Waals surface area contributed by atoms with Gasteiger partial charge in [0.1, 0.15) is 0 Å². The molecule has 0 saturated carbocycles. The molecule has 9 nitrogen and oxygen atoms in total. The summed E-state index contributed by atoms with van der Waals surface area (Å²) in [6.45, 7) is 0. The molecule has 0 fully saturated rings. The molecule has 0 aliphatic rings. The Kier molecular flexibility index (Phi) is 10.8. The third-order valence-corrected chi connectivity index (χ3v) is 26.4. The first-order chi connectivity index (χ1) is 54.1. The van der Waals surface area contributed by atoms with E-state index in [4.69, 9.17) is 19.9 Å². The van der Waals surface area contributed by atoms with E-state index in [1.165, 1.54) is 113 Å². The first kappa shape index (κ1) is 57.2. The van der Waals surface area contributed by atoms with Crippen molar-refractivity contribution in [3.8, 4) is 40.1 Å². The van der Waals surface area contributed by atoms with Crippen LogP contribution in [0.1, 0.15) is 0 Å². The van der Waals surface area contributed by atoms with Crippen molar-refractivity contribution in [3.05, 3.63) is 309 Å². The van der Waals surface area contributed by atoms with Crippen LogP contribution in [0.5, 0.6) is 0 Å². The molecule has 109 heavy (non-hydrogen) atoms. The lowest BCUT2D eigenvalue weighted by molar-refractivity contribution is 0.977. The van der Waals surface area contributed by atoms with E-state index in [1.807, 2.05) is 0 Å². The summed E-state index contributed by atoms with van der Waals surface area (Å²) in [7, 11) is 0. The molecule has 0 saturated heterocycles. The molecule has 0 radical (unpaired) electrons. The molecular weight excluding hydrogens is 1370 g/mol. The first-order valence-electron chi connectivity index (χ1n) is 37.1. The van der Waals surface area contributed by atoms with Crippen LogP contribution in [0.25, 0.3) is 255 Å². The molecule has 0 bridgehead atoms. The van der Waals surface area contributed by atoms with Crippen molar-refractivity contribution in [1.82, 2.24) is 42.4 Å². The average molecular weight is 1420 g/mol. The van der Waals surface area contributed by atoms with Gasteiger partial charge in [0, 0.05) is 112 Å². The van der Waals surface area contributed by atoms with Gasteiger partial charge in [-0.05, 0) is 105 Å². The van der Waals surface area contributed by atoms with Crippen LogP contribution < -0.4 is 0 Å². The van der Waals surface area contributed by atoms with Crippen molar-refractivity contribution in [3.63, 3.8) is 0 Å². The molecule has 27 rings (SSSR count). The van der Waals surface area contributed by atoms with Crippen LogP contribution in [0.15, 0.2) is 309 Å². The van der Waals surface area contributed by atoms with Gasteiger partial charge in [-0.2, -0.15) is 4.98 Å². The number of fused-ring (bicyclic) bond motifs is 34. The van der Waals surface area contributed by atoms with Gasteiger partial charge >= 0.3 is 0 Å². The van der Waals surface area contributed by atoms with Crippen LogP contribution in [-0.2, 0) is 0 Å². The predicted molar refractivity (Wildman–Crippen MR) is 459 cm³/mol. The van der Waals surface area contributed by atoms with Crippen molar-refractivity contribution in [2.24, 2.45) is 0 Å². The summed E-state index contributed by atoms with van der Waals surface area (Å²) in [5, 5.41) is 26.1. The van der Waals surface area contributed by atoms with Crippen LogP contribution in [0.4, 0.5) is 0 Å². The minimum atomic E-state index is 0.634. The number of nitrogens with zero attached hydrogens (tertiary/aromatic N) is 9. The van der Waals surface area contributed by atoms with Crippen molar-refractivity contribution in [2.75, 3.05) is 0 Å². The predicted octanol–water partition coefficient (Wildman–Crippen LogP) is 26.4. The summed E-state index contributed by atoms with van der Waals surface area (Å²) in [6, 6.07) is 114. The number of rotatable bonds is 5. The van der Waals surface area contributed by atoms with Crippen LogP contribution in [0, 0.1) is 0 Å². The summed E-state index contributed by atoms with van der Waals surface area (Å²) in [5.74, 6) is 3.03. The van der Waals surface area contributed by atoms with Crippen molar-refractivity contribution < 1.29 is 0 Å². The number of para-hydroxylation sites is 5. The first-order valence-corrected chi connectivity index (χ1v) is 38.7. The van der Waals surface area contributed by atoms with Gasteiger partial charge in [-0.15, -0.1) is 22.7 Å². The quantitative estimate of drug-likeness (QED) is 0.172. The minimum Gasteiger partial charge on any atom is -0.308 e. The zero-order chi connectivity index (χ0) is 70.3. The normalized spacial score (nSPS) is 12.8. The van der Waals surface area contributed by atoms with Gasteiger partial charge in [0.2, 0.25) is 5.95 Å². The van der Waals surface area contributed by atoms with Gasteiger partial charge in [-0.1, -0.05) is 237 Å². The highest BCUT2D eigenvalue weighted by molar-refractivity contribution is 7.26. The molecule has 0 aliphatic heterocycles. The van der Waals surface area contributed by atoms with Gasteiger partial charge in [0.15, 0.2) is 17.5 Å². The minimum absolute atomic E-state index is 0.634. The molecule has 0 unspecified atom stereocenters. The molecular formula is C98H51N9S2. The summed E-state index contributed by atoms with van der Waals surface area (Å²) >= 11 is 3.56. The average Bonchev–Trinajstić information content (AvgIpc) is 1.51. The van der Waals surface area contributed by atoms with Crippen LogP contribution in [-0.4, -0.2) is 42.4 Å². The Morgan fingerprint density at radius 1 is 0.220 bits per heavy atom. The second kappa shape index (κ2) is 20.5. The molecule has 0 N–H and O–H groups in total. The molecule has 11 aromatic heterocycles. The highest BCUT2D eigenvalue weighted by Crippen LogP contribution is 2.53. The van der Waals surface area contributed by atoms with E-state index in [0.717, 1.165) is 130 Å². The Labute approximate surface area is 624 Å². The molecule has 0 atom stereocenters. The molecule has 16 aromatic carbocycles. The summed E-state index contributed by atoms with van der Waals surface area (Å²) < 4.78 is 16.7. The molecule has 27 aromatic rings. The fourth-order valence-corrected chi connectivity index (χ4v) is 21.8. The van der Waals surface area contributed by atoms with E-state index in [-0.39, 0.29) is 0 Å². The highest BCUT2D eigenvalue weighted by atomic mass is 32.1. The van der Waals surface area contributed by atoms with Gasteiger partial charge < -0.3 is 8.80 Å². The second-order valence-electron chi connectivity index (χ2n) is 29.5. The monoisotopic (exact) mass is 1420 g/mol. The summed E-state index contributed by atoms with van der Waals surface area (Å²) in [4.78, 5) is 23.3. The Balaban J connectivity index is 0.725. The van der Waals surface area contributed by atoms with Gasteiger partial charge in [0.05, 0.1) is 86.6 Å². The maximum Gasteiger partial charge on any atom is 0.237 e. The molecule has 0 aliphatic carbocycles. The third-order valence-electron chi connectivity index (χ3n) is 24.1. The number of hydrogen-bond donors (Lipinski definition) is 0. The second-order valence-corrected chi connectivity index (χ2v) is 31.6. The SMILES string of the molecule is c1ccc2cc(-c3nc(-n4c5cc6c7ccccc7n7c8ccccc8c(c5c5ccc8ccccc8c54)c67)c4sc5ccc(-c6ccc7c8c9c%10ccc%11ccccc%11c%10n(-c%10nc(-n%11c%12ccccc%12c%12ccccc%12%11)nc%11c%10sc%10ccccc%10%11)c9cc9c%10ccccc%10n(c7c6)c98)cc5c4n3)ccc2c1. The lowest BCUT2D eigenvalue weighted by Gasteiger charge is -2.13. The summed E-state index contributed by atoms with van der Waals surface area (Å²) in [5.41, 5.74) is 18.8. The Morgan fingerprint density at radius 3 is 1.28 bits per heavy atom. The van der Waals surface area contributed by atoms with E-state index in [9.17, 15) is 0 Å². The highest BCUT2D eigenvalue weighted by Gasteiger charge is 2.32. The standard InChI is InChI=1S/C98H51N9S2/c1-2-22-55-47-58(38-37-52(55)19-1)95-99-88-72-48-56(42-46-82(72)109-94(88)96(101-95)106-79-50-70-63-27-9-13-31-73(63)103-77-35-17-11-29-65(77)85(91(70)103)83(79)68-44-39-53-20-3-5-23-59(53)89(68)106)57-41-43-66-78(49-57)104-74-32-14-10-28-64(74)71-51-80-84(86(66)92(71)104)69-45-40-54-21-4-6-24-60(54)90(69)107(80)97-93-87(67-30-12-18-36-81(67)108-93)100-98(102-97)105-75-33-15-7-25-61(75)62-26-8-16-34-76(62)105/h1-51H. The Bertz CT molecular complexity index is 8790. The third kappa shape index (κ3) is 7.29. The van der Waals surface area contributed by atoms with Gasteiger partial charge in [0.25, 0.3) is 0 Å². The van der Waals surface area contributed by atoms with E-state index >= 15 is 0 Å². The zero-order valence-corrected chi connectivity index (χ0v) is 59.4. The number of hydrogen-bond acceptors (Lipinski definition) is 6. The topological polar surface area (TPSA) is 75.2 Å². The number of aromatic nitrogens is 9. The maximum absolute atomic E-state index is 5.94. The van der Waals surface area contributed by atoms with E-state index in [1.54, 1.807) is 22.7 Å². The van der Waals surface area contributed by atoms with E-state index in [0.29, 0.717) is 11.8 Å². The van der Waals surface area contributed by atoms with E-state index in [2.05, 4.69) is 332 Å². The molecule has 500 valence electrons. The molecule has 11 heteroatoms. The summed E-state index contributed by atoms with van der Waals surface area (Å²) in [6.07, 6.45) is 0. The van der Waals surface area contributed by atoms with Crippen molar-refractivity contribution >= 4 is 237 Å². The lowest BCUT2D eigenvalue weighted by Crippen LogP contribution is -2.06. The van der Waals surface area contributed by atoms with Gasteiger partial charge in [-0.3, -0.25) is 13.7 Å². The fourth-order valence-electron chi connectivity index (χ4n) is 19.6.